The van der Waals surface area contributed by atoms with E-state index in [1.807, 2.05) is 0 Å². The fourth-order valence-corrected chi connectivity index (χ4v) is 3.20. The minimum absolute atomic E-state index is 0.204. The summed E-state index contributed by atoms with van der Waals surface area (Å²) in [5, 5.41) is 0. The third-order valence-electron chi connectivity index (χ3n) is 3.95. The lowest BCUT2D eigenvalue weighted by Gasteiger charge is -2.23. The van der Waals surface area contributed by atoms with E-state index in [1.54, 1.807) is 0 Å². The van der Waals surface area contributed by atoms with Gasteiger partial charge >= 0.3 is 7.60 Å². The Morgan fingerprint density at radius 3 is 1.83 bits per heavy atom. The zero-order chi connectivity index (χ0) is 18.3. The van der Waals surface area contributed by atoms with Crippen LogP contribution in [0, 0.1) is 0 Å². The number of unbranched alkanes of at least 4 members (excludes halogenated alkanes) is 9. The Balaban J connectivity index is 3.41. The van der Waals surface area contributed by atoms with Crippen molar-refractivity contribution in [1.29, 1.82) is 0 Å². The first kappa shape index (κ1) is 24.1. The van der Waals surface area contributed by atoms with Crippen LogP contribution in [0.3, 0.4) is 0 Å². The molecule has 0 saturated carbocycles. The highest BCUT2D eigenvalue weighted by Gasteiger charge is 2.19. The lowest BCUT2D eigenvalue weighted by molar-refractivity contribution is -0.870. The van der Waals surface area contributed by atoms with E-state index in [4.69, 9.17) is 9.26 Å². The number of hydrogen-bond acceptors (Lipinski definition) is 3. The summed E-state index contributed by atoms with van der Waals surface area (Å²) in [7, 11) is 2.60. The zero-order valence-corrected chi connectivity index (χ0v) is 17.4. The first-order valence-electron chi connectivity index (χ1n) is 9.61. The van der Waals surface area contributed by atoms with Crippen molar-refractivity contribution < 1.29 is 23.2 Å². The van der Waals surface area contributed by atoms with E-state index in [9.17, 15) is 9.46 Å². The summed E-state index contributed by atoms with van der Waals surface area (Å²) >= 11 is 0. The van der Waals surface area contributed by atoms with Crippen LogP contribution in [0.5, 0.6) is 0 Å². The van der Waals surface area contributed by atoms with Gasteiger partial charge in [-0.2, -0.15) is 0 Å². The molecule has 0 spiro atoms. The van der Waals surface area contributed by atoms with Crippen LogP contribution in [0.15, 0.2) is 0 Å². The lowest BCUT2D eigenvalue weighted by atomic mass is 10.1. The molecule has 0 amide bonds. The van der Waals surface area contributed by atoms with Gasteiger partial charge in [0, 0.05) is 0 Å². The number of ether oxygens (including phenoxy) is 1. The van der Waals surface area contributed by atoms with Crippen LogP contribution in [-0.4, -0.2) is 56.6 Å². The molecule has 0 aromatic heterocycles. The van der Waals surface area contributed by atoms with Gasteiger partial charge in [0.1, 0.15) is 12.9 Å². The number of likely N-dealkylation sites (N-methyl/N-ethyl adjacent to an activating group) is 1. The molecule has 0 bridgehead atoms. The average molecular weight is 367 g/mol. The van der Waals surface area contributed by atoms with Gasteiger partial charge < -0.3 is 18.6 Å². The lowest BCUT2D eigenvalue weighted by Crippen LogP contribution is -2.37. The summed E-state index contributed by atoms with van der Waals surface area (Å²) in [4.78, 5) is 9.69. The Bertz CT molecular complexity index is 331. The molecule has 0 aliphatic heterocycles. The quantitative estimate of drug-likeness (QED) is 0.228. The van der Waals surface area contributed by atoms with E-state index < -0.39 is 7.60 Å². The summed E-state index contributed by atoms with van der Waals surface area (Å²) in [5.41, 5.74) is 0. The van der Waals surface area contributed by atoms with Crippen LogP contribution >= 0.6 is 7.60 Å². The molecule has 0 heterocycles. The van der Waals surface area contributed by atoms with Gasteiger partial charge in [0.25, 0.3) is 0 Å². The zero-order valence-electron chi connectivity index (χ0n) is 16.5. The molecule has 5 nitrogen and oxygen atoms in total. The van der Waals surface area contributed by atoms with Gasteiger partial charge in [0.05, 0.1) is 34.4 Å². The summed E-state index contributed by atoms with van der Waals surface area (Å²) in [6, 6.07) is 0. The molecule has 146 valence electrons. The van der Waals surface area contributed by atoms with Crippen LogP contribution < -0.4 is 0 Å². The van der Waals surface area contributed by atoms with Crippen molar-refractivity contribution in [2.75, 3.05) is 47.2 Å². The average Bonchev–Trinajstić information content (AvgIpc) is 2.48. The maximum Gasteiger partial charge on any atom is 0.353 e. The van der Waals surface area contributed by atoms with Gasteiger partial charge in [-0.3, -0.25) is 4.57 Å². The van der Waals surface area contributed by atoms with Crippen molar-refractivity contribution in [1.82, 2.24) is 0 Å². The molecule has 0 aliphatic rings. The van der Waals surface area contributed by atoms with E-state index in [2.05, 4.69) is 28.1 Å². The second kappa shape index (κ2) is 14.3. The Morgan fingerprint density at radius 2 is 1.33 bits per heavy atom. The fraction of sp³-hybridized carbons (Fsp3) is 1.00. The topological polar surface area (TPSA) is 55.8 Å². The monoisotopic (exact) mass is 366 g/mol. The van der Waals surface area contributed by atoms with Gasteiger partial charge in [-0.15, -0.1) is 0 Å². The Labute approximate surface area is 149 Å². The van der Waals surface area contributed by atoms with Gasteiger partial charge in [-0.1, -0.05) is 64.7 Å². The summed E-state index contributed by atoms with van der Waals surface area (Å²) in [6.45, 7) is 3.86. The fourth-order valence-electron chi connectivity index (χ4n) is 2.35. The molecule has 0 aromatic rings. The Morgan fingerprint density at radius 1 is 0.833 bits per heavy atom. The van der Waals surface area contributed by atoms with Crippen molar-refractivity contribution >= 4 is 7.60 Å². The highest BCUT2D eigenvalue weighted by molar-refractivity contribution is 7.52. The minimum atomic E-state index is -3.58. The van der Waals surface area contributed by atoms with Crippen molar-refractivity contribution in [3.05, 3.63) is 0 Å². The van der Waals surface area contributed by atoms with E-state index in [0.29, 0.717) is 13.2 Å². The summed E-state index contributed by atoms with van der Waals surface area (Å²) in [5.74, 6) is 0. The largest absolute Gasteiger partial charge is 0.363 e. The highest BCUT2D eigenvalue weighted by atomic mass is 31.2. The Hall–Kier alpha value is 0.0700. The molecule has 0 rings (SSSR count). The molecule has 6 heteroatoms. The van der Waals surface area contributed by atoms with Gasteiger partial charge in [-0.05, 0) is 6.42 Å². The molecule has 0 fully saturated rings. The van der Waals surface area contributed by atoms with Crippen molar-refractivity contribution in [2.24, 2.45) is 0 Å². The van der Waals surface area contributed by atoms with Crippen molar-refractivity contribution in [3.8, 4) is 0 Å². The minimum Gasteiger partial charge on any atom is -0.363 e. The number of hydrogen-bond donors (Lipinski definition) is 1. The molecule has 24 heavy (non-hydrogen) atoms. The van der Waals surface area contributed by atoms with E-state index >= 15 is 0 Å². The summed E-state index contributed by atoms with van der Waals surface area (Å²) < 4.78 is 23.0. The van der Waals surface area contributed by atoms with Crippen LogP contribution in [0.4, 0.5) is 0 Å². The second-order valence-electron chi connectivity index (χ2n) is 7.70. The first-order chi connectivity index (χ1) is 11.3. The highest BCUT2D eigenvalue weighted by Crippen LogP contribution is 2.41. The third kappa shape index (κ3) is 18.4. The molecule has 0 radical (unpaired) electrons. The maximum atomic E-state index is 11.8. The number of rotatable bonds is 17. The third-order valence-corrected chi connectivity index (χ3v) is 5.05. The smallest absolute Gasteiger partial charge is 0.353 e. The van der Waals surface area contributed by atoms with Crippen molar-refractivity contribution in [2.45, 2.75) is 71.1 Å². The molecule has 0 saturated heterocycles. The predicted octanol–water partition coefficient (Wildman–Crippen LogP) is 4.79. The Kier molecular flexibility index (Phi) is 14.3. The second-order valence-corrected chi connectivity index (χ2v) is 9.50. The van der Waals surface area contributed by atoms with E-state index in [0.717, 1.165) is 23.9 Å². The van der Waals surface area contributed by atoms with Crippen LogP contribution in [-0.2, 0) is 13.8 Å². The van der Waals surface area contributed by atoms with Crippen LogP contribution in [0.1, 0.15) is 71.1 Å². The molecule has 1 N–H and O–H groups in total. The molecular formula is C18H41NO4P+. The molecule has 0 aliphatic carbocycles. The normalized spacial score (nSPS) is 14.7. The van der Waals surface area contributed by atoms with Crippen LogP contribution in [0.2, 0.25) is 0 Å². The predicted molar refractivity (Wildman–Crippen MR) is 101 cm³/mol. The van der Waals surface area contributed by atoms with E-state index in [-0.39, 0.29) is 6.35 Å². The van der Waals surface area contributed by atoms with E-state index in [1.165, 1.54) is 51.4 Å². The van der Waals surface area contributed by atoms with Crippen molar-refractivity contribution in [3.63, 3.8) is 0 Å². The molecule has 1 atom stereocenters. The van der Waals surface area contributed by atoms with Crippen LogP contribution in [0.25, 0.3) is 0 Å². The SMILES string of the molecule is CCCCCCCCCCCCOP(=O)(O)COCC[N+](C)(C)C. The number of quaternary nitrogens is 1. The van der Waals surface area contributed by atoms with Gasteiger partial charge in [0.2, 0.25) is 0 Å². The maximum absolute atomic E-state index is 11.8. The van der Waals surface area contributed by atoms with Gasteiger partial charge in [-0.25, -0.2) is 0 Å². The number of nitrogens with zero attached hydrogens (tertiary/aromatic N) is 1. The molecule has 1 unspecified atom stereocenters. The summed E-state index contributed by atoms with van der Waals surface area (Å²) in [6.07, 6.45) is 12.2. The van der Waals surface area contributed by atoms with Gasteiger partial charge in [0.15, 0.2) is 0 Å². The molecule has 0 aromatic carbocycles. The molecular weight excluding hydrogens is 325 g/mol. The first-order valence-corrected chi connectivity index (χ1v) is 11.4. The standard InChI is InChI=1S/C18H40NO4P/c1-5-6-7-8-9-10-11-12-13-14-16-23-24(20,21)18-22-17-15-19(2,3)4/h5-18H2,1-4H3/p+1.